The molecule has 0 radical (unpaired) electrons. The summed E-state index contributed by atoms with van der Waals surface area (Å²) in [5.41, 5.74) is -0.165. The fourth-order valence-electron chi connectivity index (χ4n) is 2.37. The normalized spacial score (nSPS) is 21.3. The summed E-state index contributed by atoms with van der Waals surface area (Å²) in [5, 5.41) is 13.4. The zero-order chi connectivity index (χ0) is 13.4. The van der Waals surface area contributed by atoms with Crippen LogP contribution in [0.25, 0.3) is 0 Å². The molecule has 0 spiro atoms. The van der Waals surface area contributed by atoms with Gasteiger partial charge in [0.05, 0.1) is 18.3 Å². The van der Waals surface area contributed by atoms with Crippen LogP contribution in [0.3, 0.4) is 0 Å². The van der Waals surface area contributed by atoms with Crippen LogP contribution in [-0.4, -0.2) is 36.0 Å². The van der Waals surface area contributed by atoms with Gasteiger partial charge in [0.15, 0.2) is 0 Å². The highest BCUT2D eigenvalue weighted by atomic mass is 16.5. The number of ether oxygens (including phenoxy) is 1. The zero-order valence-electron chi connectivity index (χ0n) is 12.4. The van der Waals surface area contributed by atoms with Crippen molar-refractivity contribution < 1.29 is 9.84 Å². The van der Waals surface area contributed by atoms with E-state index in [-0.39, 0.29) is 5.60 Å². The molecule has 1 atom stereocenters. The third kappa shape index (κ3) is 8.06. The minimum atomic E-state index is -0.394. The van der Waals surface area contributed by atoms with Crippen LogP contribution in [0.5, 0.6) is 0 Å². The highest BCUT2D eigenvalue weighted by Gasteiger charge is 2.15. The summed E-state index contributed by atoms with van der Waals surface area (Å²) in [5.74, 6) is 0. The van der Waals surface area contributed by atoms with Crippen LogP contribution in [0.4, 0.5) is 0 Å². The van der Waals surface area contributed by atoms with E-state index in [2.05, 4.69) is 5.32 Å². The lowest BCUT2D eigenvalue weighted by molar-refractivity contribution is -0.0484. The summed E-state index contributed by atoms with van der Waals surface area (Å²) in [4.78, 5) is 0. The number of hydrogen-bond donors (Lipinski definition) is 2. The monoisotopic (exact) mass is 257 g/mol. The molecule has 108 valence electrons. The predicted molar refractivity (Wildman–Crippen MR) is 75.8 cm³/mol. The molecule has 0 bridgehead atoms. The van der Waals surface area contributed by atoms with Gasteiger partial charge in [-0.1, -0.05) is 32.1 Å². The lowest BCUT2D eigenvalue weighted by Crippen LogP contribution is -2.39. The number of rotatable bonds is 5. The molecule has 1 aliphatic carbocycles. The maximum absolute atomic E-state index is 9.88. The Morgan fingerprint density at radius 1 is 1.11 bits per heavy atom. The second-order valence-electron chi connectivity index (χ2n) is 6.53. The van der Waals surface area contributed by atoms with Crippen molar-refractivity contribution in [2.45, 2.75) is 83.5 Å². The molecule has 0 aromatic carbocycles. The summed E-state index contributed by atoms with van der Waals surface area (Å²) in [6, 6.07) is 0.592. The van der Waals surface area contributed by atoms with E-state index in [4.69, 9.17) is 4.74 Å². The fourth-order valence-corrected chi connectivity index (χ4v) is 2.37. The van der Waals surface area contributed by atoms with E-state index in [0.29, 0.717) is 19.2 Å². The van der Waals surface area contributed by atoms with Gasteiger partial charge in [0.25, 0.3) is 0 Å². The van der Waals surface area contributed by atoms with Crippen LogP contribution in [-0.2, 0) is 4.74 Å². The molecule has 3 nitrogen and oxygen atoms in total. The van der Waals surface area contributed by atoms with Crippen molar-refractivity contribution in [3.8, 4) is 0 Å². The van der Waals surface area contributed by atoms with E-state index < -0.39 is 6.10 Å². The minimum absolute atomic E-state index is 0.165. The molecule has 0 saturated heterocycles. The highest BCUT2D eigenvalue weighted by Crippen LogP contribution is 2.17. The van der Waals surface area contributed by atoms with Crippen LogP contribution < -0.4 is 5.32 Å². The lowest BCUT2D eigenvalue weighted by atomic mass is 9.96. The van der Waals surface area contributed by atoms with Crippen LogP contribution in [0.1, 0.15) is 65.7 Å². The van der Waals surface area contributed by atoms with E-state index >= 15 is 0 Å². The number of hydrogen-bond acceptors (Lipinski definition) is 3. The van der Waals surface area contributed by atoms with Crippen LogP contribution in [0.2, 0.25) is 0 Å². The Morgan fingerprint density at radius 3 is 2.22 bits per heavy atom. The molecule has 1 fully saturated rings. The number of aliphatic hydroxyl groups excluding tert-OH is 1. The SMILES string of the molecule is CC(C)(C)OCC(O)CNC1CCCCCCC1. The molecule has 0 heterocycles. The van der Waals surface area contributed by atoms with E-state index in [1.54, 1.807) is 0 Å². The molecule has 1 unspecified atom stereocenters. The molecule has 0 aromatic heterocycles. The molecule has 2 N–H and O–H groups in total. The van der Waals surface area contributed by atoms with Crippen molar-refractivity contribution in [1.82, 2.24) is 5.32 Å². The molecule has 0 aliphatic heterocycles. The van der Waals surface area contributed by atoms with Crippen molar-refractivity contribution >= 4 is 0 Å². The van der Waals surface area contributed by atoms with E-state index in [9.17, 15) is 5.11 Å². The average molecular weight is 257 g/mol. The highest BCUT2D eigenvalue weighted by molar-refractivity contribution is 4.72. The first-order valence-corrected chi connectivity index (χ1v) is 7.53. The Hall–Kier alpha value is -0.120. The minimum Gasteiger partial charge on any atom is -0.389 e. The summed E-state index contributed by atoms with van der Waals surface area (Å²) in [6.45, 7) is 7.12. The summed E-state index contributed by atoms with van der Waals surface area (Å²) in [6.07, 6.45) is 8.91. The van der Waals surface area contributed by atoms with Gasteiger partial charge in [0, 0.05) is 12.6 Å². The largest absolute Gasteiger partial charge is 0.389 e. The molecule has 0 amide bonds. The van der Waals surface area contributed by atoms with Crippen molar-refractivity contribution in [2.75, 3.05) is 13.2 Å². The zero-order valence-corrected chi connectivity index (χ0v) is 12.4. The summed E-state index contributed by atoms with van der Waals surface area (Å²) >= 11 is 0. The first-order valence-electron chi connectivity index (χ1n) is 7.53. The molecule has 0 aromatic rings. The maximum atomic E-state index is 9.88. The quantitative estimate of drug-likeness (QED) is 0.796. The van der Waals surface area contributed by atoms with Gasteiger partial charge in [-0.25, -0.2) is 0 Å². The third-order valence-electron chi connectivity index (χ3n) is 3.46. The van der Waals surface area contributed by atoms with Crippen LogP contribution in [0, 0.1) is 0 Å². The van der Waals surface area contributed by atoms with E-state index in [1.165, 1.54) is 44.9 Å². The van der Waals surface area contributed by atoms with Gasteiger partial charge < -0.3 is 15.2 Å². The Bertz CT molecular complexity index is 205. The van der Waals surface area contributed by atoms with Gasteiger partial charge in [-0.2, -0.15) is 0 Å². The molecule has 1 aliphatic rings. The topological polar surface area (TPSA) is 41.5 Å². The molecular formula is C15H31NO2. The first-order chi connectivity index (χ1) is 8.47. The molecule has 1 saturated carbocycles. The van der Waals surface area contributed by atoms with Gasteiger partial charge in [-0.15, -0.1) is 0 Å². The molecule has 3 heteroatoms. The summed E-state index contributed by atoms with van der Waals surface area (Å²) < 4.78 is 5.59. The van der Waals surface area contributed by atoms with Crippen molar-refractivity contribution in [2.24, 2.45) is 0 Å². The van der Waals surface area contributed by atoms with E-state index in [0.717, 1.165) is 0 Å². The smallest absolute Gasteiger partial charge is 0.0898 e. The van der Waals surface area contributed by atoms with Gasteiger partial charge in [0.1, 0.15) is 0 Å². The van der Waals surface area contributed by atoms with Crippen molar-refractivity contribution in [3.63, 3.8) is 0 Å². The van der Waals surface area contributed by atoms with Crippen molar-refractivity contribution in [1.29, 1.82) is 0 Å². The lowest BCUT2D eigenvalue weighted by Gasteiger charge is -2.25. The van der Waals surface area contributed by atoms with Gasteiger partial charge >= 0.3 is 0 Å². The van der Waals surface area contributed by atoms with Gasteiger partial charge in [-0.05, 0) is 33.6 Å². The number of nitrogens with one attached hydrogen (secondary N) is 1. The fraction of sp³-hybridized carbons (Fsp3) is 1.00. The molecule has 18 heavy (non-hydrogen) atoms. The van der Waals surface area contributed by atoms with Gasteiger partial charge in [-0.3, -0.25) is 0 Å². The Morgan fingerprint density at radius 2 is 1.67 bits per heavy atom. The van der Waals surface area contributed by atoms with E-state index in [1.807, 2.05) is 20.8 Å². The Kier molecular flexibility index (Phi) is 7.20. The standard InChI is InChI=1S/C15H31NO2/c1-15(2,3)18-12-14(17)11-16-13-9-7-5-4-6-8-10-13/h13-14,16-17H,4-12H2,1-3H3. The maximum Gasteiger partial charge on any atom is 0.0898 e. The van der Waals surface area contributed by atoms with Gasteiger partial charge in [0.2, 0.25) is 0 Å². The Balaban J connectivity index is 2.13. The second-order valence-corrected chi connectivity index (χ2v) is 6.53. The van der Waals surface area contributed by atoms with Crippen LogP contribution >= 0.6 is 0 Å². The molecule has 1 rings (SSSR count). The Labute approximate surface area is 112 Å². The number of aliphatic hydroxyl groups is 1. The first kappa shape index (κ1) is 15.9. The van der Waals surface area contributed by atoms with Crippen LogP contribution in [0.15, 0.2) is 0 Å². The second kappa shape index (κ2) is 8.13. The summed E-state index contributed by atoms with van der Waals surface area (Å²) in [7, 11) is 0. The molecular weight excluding hydrogens is 226 g/mol. The predicted octanol–water partition coefficient (Wildman–Crippen LogP) is 2.86. The average Bonchev–Trinajstić information content (AvgIpc) is 2.24. The third-order valence-corrected chi connectivity index (χ3v) is 3.46. The van der Waals surface area contributed by atoms with Crippen molar-refractivity contribution in [3.05, 3.63) is 0 Å².